The molecular weight excluding hydrogens is 540 g/mol. The van der Waals surface area contributed by atoms with E-state index in [1.807, 2.05) is 24.8 Å². The van der Waals surface area contributed by atoms with Crippen LogP contribution in [0.5, 0.6) is 0 Å². The van der Waals surface area contributed by atoms with Crippen LogP contribution in [0.1, 0.15) is 84.9 Å². The van der Waals surface area contributed by atoms with Crippen molar-refractivity contribution in [2.45, 2.75) is 83.2 Å². The topological polar surface area (TPSA) is 112 Å². The predicted octanol–water partition coefficient (Wildman–Crippen LogP) is 4.03. The zero-order valence-electron chi connectivity index (χ0n) is 25.0. The van der Waals surface area contributed by atoms with Gasteiger partial charge in [0.1, 0.15) is 29.4 Å². The molecule has 0 radical (unpaired) electrons. The highest BCUT2D eigenvalue weighted by atomic mass is 32.2. The Morgan fingerprint density at radius 1 is 1.05 bits per heavy atom. The van der Waals surface area contributed by atoms with Gasteiger partial charge in [0.05, 0.1) is 6.26 Å². The number of hydrogen-bond donors (Lipinski definition) is 1. The maximum absolute atomic E-state index is 13.5. The number of carbonyl (C=O) groups excluding carboxylic acids is 1. The van der Waals surface area contributed by atoms with Gasteiger partial charge in [-0.1, -0.05) is 6.42 Å². The third-order valence-corrected chi connectivity index (χ3v) is 10.9. The largest absolute Gasteiger partial charge is 0.466 e. The molecule has 41 heavy (non-hydrogen) atoms. The lowest BCUT2D eigenvalue weighted by atomic mass is 9.80. The summed E-state index contributed by atoms with van der Waals surface area (Å²) in [4.78, 5) is 26.8. The summed E-state index contributed by atoms with van der Waals surface area (Å²) in [5.74, 6) is 3.80. The van der Waals surface area contributed by atoms with Crippen molar-refractivity contribution in [3.63, 3.8) is 0 Å². The molecule has 1 saturated carbocycles. The minimum atomic E-state index is -3.16. The number of nitrogens with one attached hydrogen (secondary N) is 1. The van der Waals surface area contributed by atoms with Crippen molar-refractivity contribution in [3.05, 3.63) is 41.2 Å². The number of aromatic nitrogens is 2. The smallest absolute Gasteiger partial charge is 0.272 e. The first-order valence-corrected chi connectivity index (χ1v) is 17.0. The van der Waals surface area contributed by atoms with Crippen molar-refractivity contribution in [1.29, 1.82) is 0 Å². The summed E-state index contributed by atoms with van der Waals surface area (Å²) < 4.78 is 31.2. The first-order valence-electron chi connectivity index (χ1n) is 15.2. The van der Waals surface area contributed by atoms with Gasteiger partial charge >= 0.3 is 0 Å². The highest BCUT2D eigenvalue weighted by Crippen LogP contribution is 2.37. The number of anilines is 1. The van der Waals surface area contributed by atoms with Crippen molar-refractivity contribution in [3.8, 4) is 0 Å². The minimum absolute atomic E-state index is 0.0224. The average molecular weight is 587 g/mol. The van der Waals surface area contributed by atoms with E-state index < -0.39 is 10.0 Å². The van der Waals surface area contributed by atoms with Gasteiger partial charge in [0.25, 0.3) is 5.91 Å². The van der Waals surface area contributed by atoms with E-state index in [2.05, 4.69) is 26.3 Å². The van der Waals surface area contributed by atoms with E-state index in [4.69, 9.17) is 4.42 Å². The normalized spacial score (nSPS) is 23.7. The van der Waals surface area contributed by atoms with Crippen LogP contribution in [-0.2, 0) is 10.0 Å². The standard InChI is InChI=1S/C30H46N6O4S/c1-21-8-9-27(40-21)24-7-5-6-23(18-24)19-31-29-22(2)28(32-20-33-29)30(37)36-16-12-26(13-17-36)35-14-10-25(11-15-35)34(3)41(4,38)39/h8-9,20,23-26H,5-7,10-19H2,1-4H3,(H,31,32,33)/t23-,24+/m1/s1. The highest BCUT2D eigenvalue weighted by molar-refractivity contribution is 7.88. The second-order valence-corrected chi connectivity index (χ2v) is 14.4. The predicted molar refractivity (Wildman–Crippen MR) is 160 cm³/mol. The number of piperidine rings is 2. The maximum atomic E-state index is 13.5. The fourth-order valence-electron chi connectivity index (χ4n) is 6.96. The lowest BCUT2D eigenvalue weighted by Gasteiger charge is -2.43. The van der Waals surface area contributed by atoms with Gasteiger partial charge < -0.3 is 19.5 Å². The fraction of sp³-hybridized carbons (Fsp3) is 0.700. The molecule has 2 aliphatic heterocycles. The number of aryl methyl sites for hydroxylation is 1. The molecule has 0 aromatic carbocycles. The lowest BCUT2D eigenvalue weighted by molar-refractivity contribution is 0.0542. The molecule has 10 nitrogen and oxygen atoms in total. The number of sulfonamides is 1. The molecule has 4 heterocycles. The molecule has 11 heteroatoms. The van der Waals surface area contributed by atoms with Gasteiger partial charge in [0.2, 0.25) is 10.0 Å². The fourth-order valence-corrected chi connectivity index (χ4v) is 7.71. The third-order valence-electron chi connectivity index (χ3n) is 9.60. The Labute approximate surface area is 244 Å². The van der Waals surface area contributed by atoms with Gasteiger partial charge in [0.15, 0.2) is 0 Å². The minimum Gasteiger partial charge on any atom is -0.466 e. The molecule has 3 fully saturated rings. The third kappa shape index (κ3) is 7.11. The number of nitrogens with zero attached hydrogens (tertiary/aromatic N) is 5. The Morgan fingerprint density at radius 2 is 1.78 bits per heavy atom. The molecule has 5 rings (SSSR count). The summed E-state index contributed by atoms with van der Waals surface area (Å²) in [6, 6.07) is 4.67. The van der Waals surface area contributed by atoms with Gasteiger partial charge in [-0.25, -0.2) is 22.7 Å². The van der Waals surface area contributed by atoms with E-state index >= 15 is 0 Å². The van der Waals surface area contributed by atoms with Gasteiger partial charge in [-0.3, -0.25) is 4.79 Å². The van der Waals surface area contributed by atoms with Crippen LogP contribution in [0.2, 0.25) is 0 Å². The summed E-state index contributed by atoms with van der Waals surface area (Å²) >= 11 is 0. The Balaban J connectivity index is 1.11. The number of furan rings is 1. The number of likely N-dealkylation sites (tertiary alicyclic amines) is 2. The number of amides is 1. The van der Waals surface area contributed by atoms with Crippen LogP contribution >= 0.6 is 0 Å². The molecule has 0 spiro atoms. The van der Waals surface area contributed by atoms with Crippen LogP contribution in [0.4, 0.5) is 5.82 Å². The van der Waals surface area contributed by atoms with Crippen molar-refractivity contribution >= 4 is 21.7 Å². The second kappa shape index (κ2) is 12.8. The molecule has 2 aromatic rings. The van der Waals surface area contributed by atoms with Crippen LogP contribution < -0.4 is 5.32 Å². The molecule has 0 unspecified atom stereocenters. The number of hydrogen-bond acceptors (Lipinski definition) is 8. The molecule has 0 bridgehead atoms. The van der Waals surface area contributed by atoms with Gasteiger partial charge in [-0.15, -0.1) is 0 Å². The van der Waals surface area contributed by atoms with Crippen molar-refractivity contribution in [2.75, 3.05) is 51.3 Å². The molecule has 2 atom stereocenters. The molecule has 3 aliphatic rings. The van der Waals surface area contributed by atoms with Crippen LogP contribution in [0, 0.1) is 19.8 Å². The van der Waals surface area contributed by atoms with E-state index in [-0.39, 0.29) is 11.9 Å². The number of carbonyl (C=O) groups is 1. The van der Waals surface area contributed by atoms with E-state index in [0.717, 1.165) is 74.6 Å². The monoisotopic (exact) mass is 586 g/mol. The van der Waals surface area contributed by atoms with Crippen LogP contribution in [0.25, 0.3) is 0 Å². The van der Waals surface area contributed by atoms with Crippen molar-refractivity contribution in [1.82, 2.24) is 24.1 Å². The van der Waals surface area contributed by atoms with Crippen LogP contribution in [0.3, 0.4) is 0 Å². The van der Waals surface area contributed by atoms with Crippen molar-refractivity contribution < 1.29 is 17.6 Å². The molecule has 1 aliphatic carbocycles. The first kappa shape index (κ1) is 30.0. The molecule has 2 saturated heterocycles. The van der Waals surface area contributed by atoms with E-state index in [1.165, 1.54) is 36.2 Å². The summed E-state index contributed by atoms with van der Waals surface area (Å²) in [7, 11) is -1.48. The zero-order chi connectivity index (χ0) is 29.1. The lowest BCUT2D eigenvalue weighted by Crippen LogP contribution is -2.52. The maximum Gasteiger partial charge on any atom is 0.272 e. The molecule has 1 N–H and O–H groups in total. The summed E-state index contributed by atoms with van der Waals surface area (Å²) in [6.07, 6.45) is 11.0. The summed E-state index contributed by atoms with van der Waals surface area (Å²) in [5, 5.41) is 3.53. The molecule has 1 amide bonds. The Kier molecular flexibility index (Phi) is 9.35. The average Bonchev–Trinajstić information content (AvgIpc) is 3.42. The van der Waals surface area contributed by atoms with Gasteiger partial charge in [-0.2, -0.15) is 0 Å². The van der Waals surface area contributed by atoms with Crippen LogP contribution in [-0.4, -0.2) is 96.5 Å². The quantitative estimate of drug-likeness (QED) is 0.494. The van der Waals surface area contributed by atoms with Crippen LogP contribution in [0.15, 0.2) is 22.9 Å². The summed E-state index contributed by atoms with van der Waals surface area (Å²) in [6.45, 7) is 7.96. The Hall–Kier alpha value is -2.50. The first-order chi connectivity index (χ1) is 19.6. The molecular formula is C30H46N6O4S. The van der Waals surface area contributed by atoms with E-state index in [1.54, 1.807) is 7.05 Å². The Bertz CT molecular complexity index is 1300. The van der Waals surface area contributed by atoms with Gasteiger partial charge in [0, 0.05) is 50.2 Å². The second-order valence-electron chi connectivity index (χ2n) is 12.3. The van der Waals surface area contributed by atoms with E-state index in [0.29, 0.717) is 36.7 Å². The van der Waals surface area contributed by atoms with Crippen molar-refractivity contribution in [2.24, 2.45) is 5.92 Å². The SMILES string of the molecule is Cc1ccc([C@H]2CCC[C@@H](CNc3ncnc(C(=O)N4CCC(N5CCC(N(C)S(C)(=O)=O)CC5)CC4)c3C)C2)o1. The zero-order valence-corrected chi connectivity index (χ0v) is 25.8. The summed E-state index contributed by atoms with van der Waals surface area (Å²) in [5.41, 5.74) is 1.30. The van der Waals surface area contributed by atoms with E-state index in [9.17, 15) is 13.2 Å². The number of rotatable bonds is 8. The molecule has 226 valence electrons. The highest BCUT2D eigenvalue weighted by Gasteiger charge is 2.33. The molecule has 2 aromatic heterocycles. The Morgan fingerprint density at radius 3 is 2.44 bits per heavy atom. The van der Waals surface area contributed by atoms with Gasteiger partial charge in [-0.05, 0) is 89.9 Å².